The number of esters is 1. The lowest BCUT2D eigenvalue weighted by atomic mass is 10.2. The Bertz CT molecular complexity index is 681. The van der Waals surface area contributed by atoms with Crippen LogP contribution in [0.2, 0.25) is 0 Å². The number of carbonyl (C=O) groups excluding carboxylic acids is 2. The average Bonchev–Trinajstić information content (AvgIpc) is 2.40. The van der Waals surface area contributed by atoms with Crippen molar-refractivity contribution in [2.45, 2.75) is 0 Å². The fraction of sp³-hybridized carbons (Fsp3) is 0.273. The number of allylic oxidation sites excluding steroid dienone is 1. The number of hydrogen-bond acceptors (Lipinski definition) is 6. The molecule has 1 aromatic rings. The fourth-order valence-corrected chi connectivity index (χ4v) is 1.39. The van der Waals surface area contributed by atoms with Crippen LogP contribution in [0.4, 0.5) is 5.82 Å². The predicted molar refractivity (Wildman–Crippen MR) is 66.8 cm³/mol. The molecule has 1 heterocycles. The van der Waals surface area contributed by atoms with Crippen LogP contribution in [0.15, 0.2) is 21.7 Å². The Morgan fingerprint density at radius 3 is 2.26 bits per heavy atom. The van der Waals surface area contributed by atoms with Crippen LogP contribution in [0.5, 0.6) is 0 Å². The molecule has 0 fully saturated rings. The van der Waals surface area contributed by atoms with Gasteiger partial charge < -0.3 is 10.5 Å². The first-order valence-corrected chi connectivity index (χ1v) is 5.17. The minimum atomic E-state index is -0.819. The fourth-order valence-electron chi connectivity index (χ4n) is 1.39. The summed E-state index contributed by atoms with van der Waals surface area (Å²) in [4.78, 5) is 46.1. The topological polar surface area (TPSA) is 113 Å². The number of nitrogens with zero attached hydrogens (tertiary/aromatic N) is 2. The van der Waals surface area contributed by atoms with Crippen LogP contribution in [0, 0.1) is 0 Å². The molecule has 0 aliphatic carbocycles. The van der Waals surface area contributed by atoms with Crippen molar-refractivity contribution in [1.82, 2.24) is 9.13 Å². The minimum absolute atomic E-state index is 0.257. The molecule has 0 bridgehead atoms. The Balaban J connectivity index is 3.41. The first-order chi connectivity index (χ1) is 8.81. The molecule has 0 aromatic carbocycles. The SMILES string of the molecule is COC(=O)C=CC(=O)c1c(N)n(C)c(=O)n(C)c1=O. The van der Waals surface area contributed by atoms with E-state index in [1.54, 1.807) is 0 Å². The van der Waals surface area contributed by atoms with Gasteiger partial charge in [0.1, 0.15) is 11.4 Å². The number of hydrogen-bond donors (Lipinski definition) is 1. The van der Waals surface area contributed by atoms with Crippen molar-refractivity contribution >= 4 is 17.6 Å². The number of aromatic nitrogens is 2. The second-order valence-electron chi connectivity index (χ2n) is 3.69. The molecule has 2 N–H and O–H groups in total. The third-order valence-corrected chi connectivity index (χ3v) is 2.53. The Hall–Kier alpha value is -2.64. The Morgan fingerprint density at radius 1 is 1.16 bits per heavy atom. The highest BCUT2D eigenvalue weighted by molar-refractivity contribution is 6.09. The number of nitrogen functional groups attached to an aromatic ring is 1. The van der Waals surface area contributed by atoms with E-state index >= 15 is 0 Å². The van der Waals surface area contributed by atoms with E-state index in [4.69, 9.17) is 5.73 Å². The monoisotopic (exact) mass is 267 g/mol. The third kappa shape index (κ3) is 2.62. The van der Waals surface area contributed by atoms with E-state index in [1.807, 2.05) is 0 Å². The van der Waals surface area contributed by atoms with Gasteiger partial charge >= 0.3 is 11.7 Å². The number of carbonyl (C=O) groups is 2. The van der Waals surface area contributed by atoms with Crippen LogP contribution in [0.3, 0.4) is 0 Å². The number of ether oxygens (including phenoxy) is 1. The molecule has 0 aliphatic heterocycles. The lowest BCUT2D eigenvalue weighted by molar-refractivity contribution is -0.134. The minimum Gasteiger partial charge on any atom is -0.466 e. The number of anilines is 1. The molecular weight excluding hydrogens is 254 g/mol. The summed E-state index contributed by atoms with van der Waals surface area (Å²) >= 11 is 0. The highest BCUT2D eigenvalue weighted by Crippen LogP contribution is 2.04. The lowest BCUT2D eigenvalue weighted by Crippen LogP contribution is -2.41. The molecule has 0 saturated carbocycles. The molecule has 19 heavy (non-hydrogen) atoms. The second kappa shape index (κ2) is 5.34. The molecule has 0 aliphatic rings. The normalized spacial score (nSPS) is 10.7. The Morgan fingerprint density at radius 2 is 1.74 bits per heavy atom. The van der Waals surface area contributed by atoms with Crippen molar-refractivity contribution in [1.29, 1.82) is 0 Å². The molecule has 0 unspecified atom stereocenters. The molecule has 0 amide bonds. The van der Waals surface area contributed by atoms with Crippen molar-refractivity contribution in [3.63, 3.8) is 0 Å². The molecule has 0 saturated heterocycles. The van der Waals surface area contributed by atoms with Gasteiger partial charge in [0.2, 0.25) is 0 Å². The van der Waals surface area contributed by atoms with Gasteiger partial charge in [-0.25, -0.2) is 9.59 Å². The van der Waals surface area contributed by atoms with Crippen LogP contribution < -0.4 is 17.0 Å². The number of rotatable bonds is 3. The van der Waals surface area contributed by atoms with Gasteiger partial charge in [-0.15, -0.1) is 0 Å². The zero-order valence-corrected chi connectivity index (χ0v) is 10.7. The van der Waals surface area contributed by atoms with Crippen LogP contribution in [0.1, 0.15) is 10.4 Å². The van der Waals surface area contributed by atoms with Crippen molar-refractivity contribution in [2.75, 3.05) is 12.8 Å². The maximum atomic E-state index is 11.8. The molecule has 1 rings (SSSR count). The van der Waals surface area contributed by atoms with Gasteiger partial charge in [0.05, 0.1) is 7.11 Å². The summed E-state index contributed by atoms with van der Waals surface area (Å²) in [6.45, 7) is 0. The van der Waals surface area contributed by atoms with Crippen LogP contribution in [-0.2, 0) is 23.6 Å². The highest BCUT2D eigenvalue weighted by atomic mass is 16.5. The zero-order valence-electron chi connectivity index (χ0n) is 10.7. The largest absolute Gasteiger partial charge is 0.466 e. The molecule has 0 radical (unpaired) electrons. The molecule has 1 aromatic heterocycles. The van der Waals surface area contributed by atoms with E-state index in [1.165, 1.54) is 14.1 Å². The van der Waals surface area contributed by atoms with Crippen molar-refractivity contribution < 1.29 is 14.3 Å². The van der Waals surface area contributed by atoms with E-state index in [9.17, 15) is 19.2 Å². The molecule has 0 spiro atoms. The summed E-state index contributed by atoms with van der Waals surface area (Å²) in [5.74, 6) is -1.78. The van der Waals surface area contributed by atoms with E-state index in [2.05, 4.69) is 4.74 Å². The van der Waals surface area contributed by atoms with Gasteiger partial charge in [-0.3, -0.25) is 18.7 Å². The van der Waals surface area contributed by atoms with Crippen LogP contribution >= 0.6 is 0 Å². The van der Waals surface area contributed by atoms with Gasteiger partial charge in [-0.05, 0) is 6.08 Å². The quantitative estimate of drug-likeness (QED) is 0.408. The smallest absolute Gasteiger partial charge is 0.332 e. The number of methoxy groups -OCH3 is 1. The standard InChI is InChI=1S/C11H13N3O5/c1-13-9(12)8(10(17)14(2)11(13)18)6(15)4-5-7(16)19-3/h4-5H,12H2,1-3H3. The van der Waals surface area contributed by atoms with Gasteiger partial charge in [-0.1, -0.05) is 0 Å². The molecule has 0 atom stereocenters. The summed E-state index contributed by atoms with van der Waals surface area (Å²) < 4.78 is 6.05. The maximum absolute atomic E-state index is 11.8. The molecule has 102 valence electrons. The van der Waals surface area contributed by atoms with Crippen molar-refractivity contribution in [2.24, 2.45) is 14.1 Å². The van der Waals surface area contributed by atoms with E-state index in [0.717, 1.165) is 28.4 Å². The van der Waals surface area contributed by atoms with E-state index in [0.29, 0.717) is 0 Å². The maximum Gasteiger partial charge on any atom is 0.332 e. The zero-order chi connectivity index (χ0) is 14.7. The molecular formula is C11H13N3O5. The Labute approximate surface area is 107 Å². The van der Waals surface area contributed by atoms with E-state index < -0.39 is 23.0 Å². The van der Waals surface area contributed by atoms with Gasteiger partial charge in [0, 0.05) is 20.2 Å². The van der Waals surface area contributed by atoms with E-state index in [-0.39, 0.29) is 11.4 Å². The summed E-state index contributed by atoms with van der Waals surface area (Å²) in [7, 11) is 3.71. The molecule has 8 heteroatoms. The Kier molecular flexibility index (Phi) is 4.05. The summed E-state index contributed by atoms with van der Waals surface area (Å²) in [6.07, 6.45) is 1.73. The second-order valence-corrected chi connectivity index (χ2v) is 3.69. The first-order valence-electron chi connectivity index (χ1n) is 5.17. The summed E-state index contributed by atoms with van der Waals surface area (Å²) in [5.41, 5.74) is 3.74. The third-order valence-electron chi connectivity index (χ3n) is 2.53. The lowest BCUT2D eigenvalue weighted by Gasteiger charge is -2.09. The van der Waals surface area contributed by atoms with Crippen LogP contribution in [0.25, 0.3) is 0 Å². The highest BCUT2D eigenvalue weighted by Gasteiger charge is 2.18. The average molecular weight is 267 g/mol. The predicted octanol–water partition coefficient (Wildman–Crippen LogP) is -1.42. The van der Waals surface area contributed by atoms with Gasteiger partial charge in [-0.2, -0.15) is 0 Å². The molecule has 8 nitrogen and oxygen atoms in total. The van der Waals surface area contributed by atoms with Crippen LogP contribution in [-0.4, -0.2) is 28.0 Å². The van der Waals surface area contributed by atoms with Gasteiger partial charge in [0.15, 0.2) is 5.78 Å². The summed E-state index contributed by atoms with van der Waals surface area (Å²) in [6, 6.07) is 0. The number of nitrogens with two attached hydrogens (primary N) is 1. The van der Waals surface area contributed by atoms with Gasteiger partial charge in [0.25, 0.3) is 5.56 Å². The first kappa shape index (κ1) is 14.4. The summed E-state index contributed by atoms with van der Waals surface area (Å²) in [5, 5.41) is 0. The van der Waals surface area contributed by atoms with Crippen molar-refractivity contribution in [3.8, 4) is 0 Å². The van der Waals surface area contributed by atoms with Crippen molar-refractivity contribution in [3.05, 3.63) is 38.6 Å². The number of ketones is 1.